The van der Waals surface area contributed by atoms with Gasteiger partial charge in [0.15, 0.2) is 6.61 Å². The van der Waals surface area contributed by atoms with Crippen LogP contribution in [0.5, 0.6) is 0 Å². The third-order valence-electron chi connectivity index (χ3n) is 3.62. The quantitative estimate of drug-likeness (QED) is 0.455. The molecule has 0 fully saturated rings. The van der Waals surface area contributed by atoms with Gasteiger partial charge in [-0.25, -0.2) is 4.39 Å². The monoisotopic (exact) mass is 343 g/mol. The van der Waals surface area contributed by atoms with Gasteiger partial charge in [0.25, 0.3) is 5.91 Å². The summed E-state index contributed by atoms with van der Waals surface area (Å²) in [6.45, 7) is 0.0883. The Bertz CT molecular complexity index is 720. The van der Waals surface area contributed by atoms with E-state index >= 15 is 0 Å². The minimum atomic E-state index is -0.328. The standard InChI is InChI=1S/C19H22FN3O2/c1-23(13-16-8-5-9-17(20)12-16)19(24)14-25-22-18(21)11-10-15-6-3-2-4-7-15/h2-9,12H,10-11,13-14H2,1H3,(H2,21,22). The van der Waals surface area contributed by atoms with Gasteiger partial charge in [0.2, 0.25) is 0 Å². The number of aryl methyl sites for hydroxylation is 1. The fourth-order valence-electron chi connectivity index (χ4n) is 2.24. The first-order valence-electron chi connectivity index (χ1n) is 8.01. The van der Waals surface area contributed by atoms with E-state index in [0.717, 1.165) is 12.0 Å². The summed E-state index contributed by atoms with van der Waals surface area (Å²) in [5.41, 5.74) is 7.65. The van der Waals surface area contributed by atoms with Crippen molar-refractivity contribution in [3.05, 3.63) is 71.5 Å². The van der Waals surface area contributed by atoms with Crippen LogP contribution >= 0.6 is 0 Å². The van der Waals surface area contributed by atoms with Crippen LogP contribution in [0.1, 0.15) is 17.5 Å². The van der Waals surface area contributed by atoms with Crippen LogP contribution in [-0.2, 0) is 22.6 Å². The molecule has 0 aliphatic heterocycles. The second-order valence-electron chi connectivity index (χ2n) is 5.72. The molecule has 2 N–H and O–H groups in total. The van der Waals surface area contributed by atoms with Gasteiger partial charge in [-0.15, -0.1) is 0 Å². The molecule has 0 bridgehead atoms. The number of likely N-dealkylation sites (N-methyl/N-ethyl adjacent to an activating group) is 1. The summed E-state index contributed by atoms with van der Waals surface area (Å²) in [4.78, 5) is 18.5. The van der Waals surface area contributed by atoms with E-state index in [9.17, 15) is 9.18 Å². The summed E-state index contributed by atoms with van der Waals surface area (Å²) in [5, 5.41) is 3.77. The molecule has 0 aromatic heterocycles. The maximum Gasteiger partial charge on any atom is 0.263 e. The van der Waals surface area contributed by atoms with Crippen LogP contribution in [0.2, 0.25) is 0 Å². The van der Waals surface area contributed by atoms with Crippen LogP contribution < -0.4 is 5.73 Å². The van der Waals surface area contributed by atoms with Crippen molar-refractivity contribution in [2.24, 2.45) is 10.9 Å². The van der Waals surface area contributed by atoms with Crippen molar-refractivity contribution in [3.8, 4) is 0 Å². The van der Waals surface area contributed by atoms with Crippen LogP contribution in [0.25, 0.3) is 0 Å². The lowest BCUT2D eigenvalue weighted by molar-refractivity contribution is -0.135. The first-order chi connectivity index (χ1) is 12.0. The van der Waals surface area contributed by atoms with Gasteiger partial charge >= 0.3 is 0 Å². The first-order valence-corrected chi connectivity index (χ1v) is 8.01. The zero-order valence-corrected chi connectivity index (χ0v) is 14.2. The molecule has 6 heteroatoms. The molecule has 0 spiro atoms. The van der Waals surface area contributed by atoms with Gasteiger partial charge in [0, 0.05) is 20.0 Å². The predicted octanol–water partition coefficient (Wildman–Crippen LogP) is 2.71. The van der Waals surface area contributed by atoms with Gasteiger partial charge in [0.1, 0.15) is 11.7 Å². The molecule has 2 aromatic carbocycles. The van der Waals surface area contributed by atoms with Crippen LogP contribution in [0.3, 0.4) is 0 Å². The maximum atomic E-state index is 13.1. The molecule has 0 saturated heterocycles. The van der Waals surface area contributed by atoms with E-state index < -0.39 is 0 Å². The van der Waals surface area contributed by atoms with Gasteiger partial charge in [-0.1, -0.05) is 47.6 Å². The molecule has 0 saturated carbocycles. The summed E-state index contributed by atoms with van der Waals surface area (Å²) < 4.78 is 13.1. The Hall–Kier alpha value is -2.89. The highest BCUT2D eigenvalue weighted by atomic mass is 19.1. The number of amides is 1. The summed E-state index contributed by atoms with van der Waals surface area (Å²) in [6, 6.07) is 16.0. The van der Waals surface area contributed by atoms with E-state index in [0.29, 0.717) is 24.4 Å². The van der Waals surface area contributed by atoms with Crippen molar-refractivity contribution in [1.29, 1.82) is 0 Å². The summed E-state index contributed by atoms with van der Waals surface area (Å²) in [7, 11) is 1.62. The number of hydrogen-bond acceptors (Lipinski definition) is 3. The summed E-state index contributed by atoms with van der Waals surface area (Å²) in [5.74, 6) is -0.251. The average molecular weight is 343 g/mol. The Morgan fingerprint density at radius 1 is 1.16 bits per heavy atom. The van der Waals surface area contributed by atoms with Gasteiger partial charge in [-0.05, 0) is 29.7 Å². The number of carbonyl (C=O) groups is 1. The van der Waals surface area contributed by atoms with Gasteiger partial charge < -0.3 is 15.5 Å². The number of rotatable bonds is 8. The summed E-state index contributed by atoms with van der Waals surface area (Å²) in [6.07, 6.45) is 1.31. The van der Waals surface area contributed by atoms with E-state index in [-0.39, 0.29) is 18.3 Å². The Morgan fingerprint density at radius 3 is 2.60 bits per heavy atom. The smallest absolute Gasteiger partial charge is 0.263 e. The van der Waals surface area contributed by atoms with E-state index in [4.69, 9.17) is 10.6 Å². The van der Waals surface area contributed by atoms with Crippen LogP contribution in [0.4, 0.5) is 4.39 Å². The normalized spacial score (nSPS) is 11.2. The Labute approximate surface area is 146 Å². The van der Waals surface area contributed by atoms with Crippen molar-refractivity contribution in [2.45, 2.75) is 19.4 Å². The molecule has 0 heterocycles. The molecule has 25 heavy (non-hydrogen) atoms. The molecule has 0 atom stereocenters. The SMILES string of the molecule is CN(Cc1cccc(F)c1)C(=O)CO/N=C(\N)CCc1ccccc1. The number of benzene rings is 2. The van der Waals surface area contributed by atoms with Gasteiger partial charge in [0.05, 0.1) is 0 Å². The number of nitrogens with two attached hydrogens (primary N) is 1. The third-order valence-corrected chi connectivity index (χ3v) is 3.62. The van der Waals surface area contributed by atoms with Crippen molar-refractivity contribution >= 4 is 11.7 Å². The number of oxime groups is 1. The number of nitrogens with zero attached hydrogens (tertiary/aromatic N) is 2. The number of hydrogen-bond donors (Lipinski definition) is 1. The highest BCUT2D eigenvalue weighted by Gasteiger charge is 2.10. The Morgan fingerprint density at radius 2 is 1.88 bits per heavy atom. The van der Waals surface area contributed by atoms with E-state index in [1.165, 1.54) is 17.0 Å². The molecule has 0 unspecified atom stereocenters. The van der Waals surface area contributed by atoms with Crippen LogP contribution in [0.15, 0.2) is 59.8 Å². The highest BCUT2D eigenvalue weighted by molar-refractivity contribution is 5.80. The van der Waals surface area contributed by atoms with Crippen LogP contribution in [-0.4, -0.2) is 30.3 Å². The Kier molecular flexibility index (Phi) is 6.95. The van der Waals surface area contributed by atoms with Crippen molar-refractivity contribution in [2.75, 3.05) is 13.7 Å². The zero-order valence-electron chi connectivity index (χ0n) is 14.2. The molecule has 0 radical (unpaired) electrons. The fourth-order valence-corrected chi connectivity index (χ4v) is 2.24. The molecule has 2 rings (SSSR count). The number of carbonyl (C=O) groups excluding carboxylic acids is 1. The first kappa shape index (κ1) is 18.4. The molecule has 0 aliphatic rings. The molecule has 1 amide bonds. The molecule has 132 valence electrons. The second-order valence-corrected chi connectivity index (χ2v) is 5.72. The topological polar surface area (TPSA) is 67.9 Å². The molecular formula is C19H22FN3O2. The summed E-state index contributed by atoms with van der Waals surface area (Å²) >= 11 is 0. The van der Waals surface area contributed by atoms with Crippen molar-refractivity contribution < 1.29 is 14.0 Å². The lowest BCUT2D eigenvalue weighted by Crippen LogP contribution is -2.29. The number of halogens is 1. The highest BCUT2D eigenvalue weighted by Crippen LogP contribution is 2.06. The molecule has 2 aromatic rings. The van der Waals surface area contributed by atoms with Crippen LogP contribution in [0, 0.1) is 5.82 Å². The zero-order chi connectivity index (χ0) is 18.1. The number of amidine groups is 1. The van der Waals surface area contributed by atoms with Crippen molar-refractivity contribution in [3.63, 3.8) is 0 Å². The van der Waals surface area contributed by atoms with Crippen molar-refractivity contribution in [1.82, 2.24) is 4.90 Å². The maximum absolute atomic E-state index is 13.1. The molecular weight excluding hydrogens is 321 g/mol. The van der Waals surface area contributed by atoms with E-state index in [1.54, 1.807) is 19.2 Å². The molecule has 5 nitrogen and oxygen atoms in total. The lowest BCUT2D eigenvalue weighted by atomic mass is 10.1. The minimum Gasteiger partial charge on any atom is -0.384 e. The van der Waals surface area contributed by atoms with E-state index in [2.05, 4.69) is 5.16 Å². The predicted molar refractivity (Wildman–Crippen MR) is 95.2 cm³/mol. The Balaban J connectivity index is 1.73. The molecule has 0 aliphatic carbocycles. The second kappa shape index (κ2) is 9.42. The lowest BCUT2D eigenvalue weighted by Gasteiger charge is -2.16. The minimum absolute atomic E-state index is 0.210. The fraction of sp³-hybridized carbons (Fsp3) is 0.263. The average Bonchev–Trinajstić information content (AvgIpc) is 2.60. The van der Waals surface area contributed by atoms with Gasteiger partial charge in [-0.3, -0.25) is 4.79 Å². The largest absolute Gasteiger partial charge is 0.384 e. The van der Waals surface area contributed by atoms with E-state index in [1.807, 2.05) is 30.3 Å². The third kappa shape index (κ3) is 6.63. The van der Waals surface area contributed by atoms with Gasteiger partial charge in [-0.2, -0.15) is 0 Å².